The van der Waals surface area contributed by atoms with Crippen molar-refractivity contribution in [2.24, 2.45) is 0 Å². The maximum atomic E-state index is 13.4. The quantitative estimate of drug-likeness (QED) is 0.759. The van der Waals surface area contributed by atoms with E-state index in [1.165, 1.54) is 19.4 Å². The molecule has 78 valence electrons. The van der Waals surface area contributed by atoms with Crippen molar-refractivity contribution in [1.29, 1.82) is 0 Å². The van der Waals surface area contributed by atoms with E-state index < -0.39 is 0 Å². The molecule has 0 radical (unpaired) electrons. The lowest BCUT2D eigenvalue weighted by molar-refractivity contribution is 0.397. The summed E-state index contributed by atoms with van der Waals surface area (Å²) in [4.78, 5) is 8.38. The van der Waals surface area contributed by atoms with Gasteiger partial charge in [0.15, 0.2) is 0 Å². The third kappa shape index (κ3) is 1.75. The van der Waals surface area contributed by atoms with Crippen LogP contribution in [0.5, 0.6) is 5.88 Å². The average molecular weight is 318 g/mol. The second kappa shape index (κ2) is 3.88. The first kappa shape index (κ1) is 10.5. The fourth-order valence-corrected chi connectivity index (χ4v) is 1.88. The summed E-state index contributed by atoms with van der Waals surface area (Å²) in [5.74, 6) is 0.119. The molecule has 0 amide bonds. The van der Waals surface area contributed by atoms with Gasteiger partial charge in [-0.25, -0.2) is 14.4 Å². The monoisotopic (exact) mass is 318 g/mol. The first-order valence-corrected chi connectivity index (χ1v) is 5.36. The summed E-state index contributed by atoms with van der Waals surface area (Å²) in [7, 11) is 1.51. The third-order valence-corrected chi connectivity index (χ3v) is 3.12. The number of aryl methyl sites for hydroxylation is 1. The minimum Gasteiger partial charge on any atom is -0.480 e. The van der Waals surface area contributed by atoms with Crippen LogP contribution in [0.1, 0.15) is 5.56 Å². The van der Waals surface area contributed by atoms with Gasteiger partial charge in [0.05, 0.1) is 22.4 Å². The van der Waals surface area contributed by atoms with E-state index in [0.29, 0.717) is 20.5 Å². The summed E-state index contributed by atoms with van der Waals surface area (Å²) < 4.78 is 18.9. The fraction of sp³-hybridized carbons (Fsp3) is 0.200. The molecule has 5 heteroatoms. The van der Waals surface area contributed by atoms with Crippen LogP contribution in [0.3, 0.4) is 0 Å². The lowest BCUT2D eigenvalue weighted by Gasteiger charge is -2.05. The maximum absolute atomic E-state index is 13.4. The van der Waals surface area contributed by atoms with E-state index in [9.17, 15) is 4.39 Å². The third-order valence-electron chi connectivity index (χ3n) is 2.09. The molecule has 0 spiro atoms. The molecular weight excluding hydrogens is 310 g/mol. The molecule has 0 aliphatic rings. The Morgan fingerprint density at radius 3 is 2.80 bits per heavy atom. The van der Waals surface area contributed by atoms with E-state index in [0.717, 1.165) is 5.56 Å². The summed E-state index contributed by atoms with van der Waals surface area (Å²) in [6.45, 7) is 1.81. The van der Waals surface area contributed by atoms with E-state index in [1.54, 1.807) is 0 Å². The highest BCUT2D eigenvalue weighted by molar-refractivity contribution is 14.1. The molecule has 0 bridgehead atoms. The Morgan fingerprint density at radius 1 is 1.40 bits per heavy atom. The Morgan fingerprint density at radius 2 is 2.13 bits per heavy atom. The molecular formula is C10H8FIN2O. The maximum Gasteiger partial charge on any atom is 0.232 e. The van der Waals surface area contributed by atoms with Crippen LogP contribution in [-0.2, 0) is 0 Å². The van der Waals surface area contributed by atoms with Gasteiger partial charge in [0.1, 0.15) is 11.3 Å². The summed E-state index contributed by atoms with van der Waals surface area (Å²) in [6, 6.07) is 1.46. The van der Waals surface area contributed by atoms with Crippen molar-refractivity contribution >= 4 is 33.6 Å². The highest BCUT2D eigenvalue weighted by Gasteiger charge is 2.11. The van der Waals surface area contributed by atoms with Gasteiger partial charge in [-0.15, -0.1) is 0 Å². The molecule has 0 fully saturated rings. The largest absolute Gasteiger partial charge is 0.480 e. The zero-order valence-electron chi connectivity index (χ0n) is 8.21. The molecule has 0 aliphatic carbocycles. The molecule has 3 nitrogen and oxygen atoms in total. The summed E-state index contributed by atoms with van der Waals surface area (Å²) in [5, 5.41) is 0. The Labute approximate surface area is 99.8 Å². The van der Waals surface area contributed by atoms with Crippen LogP contribution in [0.2, 0.25) is 0 Å². The standard InChI is InChI=1S/C10H8FIN2O/c1-5-3-6(11)8(12)10-9(5)13-4-7(14-10)15-2/h3-4H,1-2H3. The fourth-order valence-electron chi connectivity index (χ4n) is 1.35. The molecule has 0 saturated carbocycles. The van der Waals surface area contributed by atoms with Crippen LogP contribution >= 0.6 is 22.6 Å². The summed E-state index contributed by atoms with van der Waals surface area (Å²) >= 11 is 1.92. The molecule has 2 rings (SSSR count). The number of benzene rings is 1. The second-order valence-corrected chi connectivity index (χ2v) is 4.18. The van der Waals surface area contributed by atoms with Crippen molar-refractivity contribution in [3.63, 3.8) is 0 Å². The van der Waals surface area contributed by atoms with Crippen molar-refractivity contribution in [1.82, 2.24) is 9.97 Å². The molecule has 2 aromatic rings. The number of hydrogen-bond donors (Lipinski definition) is 0. The SMILES string of the molecule is COc1cnc2c(C)cc(F)c(I)c2n1. The number of hydrogen-bond acceptors (Lipinski definition) is 3. The first-order chi connectivity index (χ1) is 7.13. The van der Waals surface area contributed by atoms with Crippen LogP contribution < -0.4 is 4.74 Å². The number of fused-ring (bicyclic) bond motifs is 1. The lowest BCUT2D eigenvalue weighted by Crippen LogP contribution is -1.96. The summed E-state index contributed by atoms with van der Waals surface area (Å²) in [5.41, 5.74) is 2.03. The smallest absolute Gasteiger partial charge is 0.232 e. The molecule has 1 heterocycles. The van der Waals surface area contributed by atoms with Gasteiger partial charge < -0.3 is 4.74 Å². The van der Waals surface area contributed by atoms with Crippen molar-refractivity contribution in [2.75, 3.05) is 7.11 Å². The van der Waals surface area contributed by atoms with Crippen molar-refractivity contribution in [3.8, 4) is 5.88 Å². The molecule has 0 unspecified atom stereocenters. The van der Waals surface area contributed by atoms with Crippen molar-refractivity contribution in [3.05, 3.63) is 27.2 Å². The van der Waals surface area contributed by atoms with Gasteiger partial charge in [0.25, 0.3) is 0 Å². The first-order valence-electron chi connectivity index (χ1n) is 4.29. The van der Waals surface area contributed by atoms with Crippen molar-refractivity contribution in [2.45, 2.75) is 6.92 Å². The number of rotatable bonds is 1. The van der Waals surface area contributed by atoms with Crippen LogP contribution in [0, 0.1) is 16.3 Å². The van der Waals surface area contributed by atoms with Crippen LogP contribution in [-0.4, -0.2) is 17.1 Å². The molecule has 0 aliphatic heterocycles. The van der Waals surface area contributed by atoms with E-state index in [1.807, 2.05) is 29.5 Å². The Bertz CT molecular complexity index is 530. The Hall–Kier alpha value is -0.980. The van der Waals surface area contributed by atoms with Gasteiger partial charge in [0.2, 0.25) is 5.88 Å². The lowest BCUT2D eigenvalue weighted by atomic mass is 10.2. The van der Waals surface area contributed by atoms with Crippen LogP contribution in [0.4, 0.5) is 4.39 Å². The van der Waals surface area contributed by atoms with Gasteiger partial charge in [-0.1, -0.05) is 0 Å². The highest BCUT2D eigenvalue weighted by Crippen LogP contribution is 2.24. The minimum atomic E-state index is -0.275. The molecule has 0 saturated heterocycles. The predicted octanol–water partition coefficient (Wildman–Crippen LogP) is 2.69. The van der Waals surface area contributed by atoms with Gasteiger partial charge in [-0.05, 0) is 41.1 Å². The number of nitrogens with zero attached hydrogens (tertiary/aromatic N) is 2. The topological polar surface area (TPSA) is 35.0 Å². The molecule has 15 heavy (non-hydrogen) atoms. The summed E-state index contributed by atoms with van der Waals surface area (Å²) in [6.07, 6.45) is 1.53. The van der Waals surface area contributed by atoms with E-state index >= 15 is 0 Å². The molecule has 1 aromatic heterocycles. The zero-order valence-corrected chi connectivity index (χ0v) is 10.4. The number of ether oxygens (including phenoxy) is 1. The van der Waals surface area contributed by atoms with E-state index in [-0.39, 0.29) is 5.82 Å². The zero-order chi connectivity index (χ0) is 11.0. The Balaban J connectivity index is 2.85. The molecule has 0 N–H and O–H groups in total. The van der Waals surface area contributed by atoms with E-state index in [2.05, 4.69) is 9.97 Å². The van der Waals surface area contributed by atoms with Gasteiger partial charge in [0, 0.05) is 0 Å². The Kier molecular flexibility index (Phi) is 2.72. The number of methoxy groups -OCH3 is 1. The molecule has 1 aromatic carbocycles. The van der Waals surface area contributed by atoms with Gasteiger partial charge >= 0.3 is 0 Å². The minimum absolute atomic E-state index is 0.275. The van der Waals surface area contributed by atoms with Crippen LogP contribution in [0.15, 0.2) is 12.3 Å². The van der Waals surface area contributed by atoms with Crippen molar-refractivity contribution < 1.29 is 9.13 Å². The average Bonchev–Trinajstić information content (AvgIpc) is 2.25. The molecule has 0 atom stereocenters. The second-order valence-electron chi connectivity index (χ2n) is 3.10. The van der Waals surface area contributed by atoms with E-state index in [4.69, 9.17) is 4.74 Å². The highest BCUT2D eigenvalue weighted by atomic mass is 127. The van der Waals surface area contributed by atoms with Gasteiger partial charge in [-0.2, -0.15) is 0 Å². The predicted molar refractivity (Wildman–Crippen MR) is 63.5 cm³/mol. The number of aromatic nitrogens is 2. The number of halogens is 2. The van der Waals surface area contributed by atoms with Crippen LogP contribution in [0.25, 0.3) is 11.0 Å². The van der Waals surface area contributed by atoms with Gasteiger partial charge in [-0.3, -0.25) is 0 Å². The normalized spacial score (nSPS) is 10.7.